The molecule has 1 aliphatic rings. The summed E-state index contributed by atoms with van der Waals surface area (Å²) >= 11 is 1.45. The summed E-state index contributed by atoms with van der Waals surface area (Å²) in [6, 6.07) is 0. The van der Waals surface area contributed by atoms with Crippen LogP contribution in [0.3, 0.4) is 0 Å². The molecule has 2 aromatic rings. The number of imidazole rings is 1. The lowest BCUT2D eigenvalue weighted by Gasteiger charge is -2.32. The molecule has 0 bridgehead atoms. The van der Waals surface area contributed by atoms with Crippen molar-refractivity contribution in [2.45, 2.75) is 25.3 Å². The first-order valence-electron chi connectivity index (χ1n) is 8.15. The predicted molar refractivity (Wildman–Crippen MR) is 93.6 cm³/mol. The molecule has 1 amide bonds. The number of thiazole rings is 1. The molecule has 1 fully saturated rings. The van der Waals surface area contributed by atoms with Crippen molar-refractivity contribution in [1.82, 2.24) is 19.4 Å². The molecule has 2 aromatic heterocycles. The lowest BCUT2D eigenvalue weighted by atomic mass is 9.97. The molecule has 24 heavy (non-hydrogen) atoms. The quantitative estimate of drug-likeness (QED) is 0.864. The van der Waals surface area contributed by atoms with Gasteiger partial charge in [0.15, 0.2) is 5.13 Å². The van der Waals surface area contributed by atoms with Crippen LogP contribution in [-0.4, -0.2) is 59.2 Å². The Bertz CT molecular complexity index is 684. The number of rotatable bonds is 6. The lowest BCUT2D eigenvalue weighted by molar-refractivity contribution is 0.0697. The van der Waals surface area contributed by atoms with E-state index in [1.165, 1.54) is 11.3 Å². The minimum Gasteiger partial charge on any atom is -0.383 e. The van der Waals surface area contributed by atoms with Crippen LogP contribution in [0.1, 0.15) is 35.1 Å². The van der Waals surface area contributed by atoms with Crippen molar-refractivity contribution in [1.29, 1.82) is 0 Å². The van der Waals surface area contributed by atoms with Gasteiger partial charge in [0.05, 0.1) is 6.61 Å². The zero-order chi connectivity index (χ0) is 16.9. The number of carbonyl (C=O) groups is 1. The highest BCUT2D eigenvalue weighted by Gasteiger charge is 2.28. The van der Waals surface area contributed by atoms with Gasteiger partial charge in [0.2, 0.25) is 0 Å². The molecule has 3 rings (SSSR count). The number of nitrogens with one attached hydrogen (secondary N) is 1. The summed E-state index contributed by atoms with van der Waals surface area (Å²) in [5.74, 6) is 1.31. The molecule has 0 unspecified atom stereocenters. The lowest BCUT2D eigenvalue weighted by Crippen LogP contribution is -2.40. The Balaban J connectivity index is 1.70. The van der Waals surface area contributed by atoms with Crippen molar-refractivity contribution >= 4 is 22.4 Å². The molecule has 0 saturated carbocycles. The van der Waals surface area contributed by atoms with Gasteiger partial charge >= 0.3 is 0 Å². The summed E-state index contributed by atoms with van der Waals surface area (Å²) < 4.78 is 7.29. The maximum Gasteiger partial charge on any atom is 0.273 e. The molecule has 0 aliphatic carbocycles. The maximum absolute atomic E-state index is 12.7. The molecule has 130 valence electrons. The van der Waals surface area contributed by atoms with Crippen LogP contribution in [0.5, 0.6) is 0 Å². The molecule has 1 saturated heterocycles. The summed E-state index contributed by atoms with van der Waals surface area (Å²) in [7, 11) is 3.51. The first kappa shape index (κ1) is 16.9. The van der Waals surface area contributed by atoms with Gasteiger partial charge in [-0.25, -0.2) is 9.97 Å². The van der Waals surface area contributed by atoms with Crippen molar-refractivity contribution in [2.24, 2.45) is 0 Å². The second-order valence-electron chi connectivity index (χ2n) is 5.85. The first-order chi connectivity index (χ1) is 11.7. The van der Waals surface area contributed by atoms with E-state index in [2.05, 4.69) is 19.9 Å². The average molecular weight is 349 g/mol. The van der Waals surface area contributed by atoms with E-state index < -0.39 is 0 Å². The standard InChI is InChI=1S/C16H23N5O2S/c1-17-16-19-13(11-24-16)15(22)21-6-3-4-12(10-21)14-18-5-7-20(14)8-9-23-2/h5,7,11-12H,3-4,6,8-10H2,1-2H3,(H,17,19)/t12-/m0/s1. The van der Waals surface area contributed by atoms with Gasteiger partial charge in [-0.2, -0.15) is 0 Å². The van der Waals surface area contributed by atoms with Crippen LogP contribution in [-0.2, 0) is 11.3 Å². The van der Waals surface area contributed by atoms with Crippen LogP contribution in [0.15, 0.2) is 17.8 Å². The van der Waals surface area contributed by atoms with Gasteiger partial charge in [-0.3, -0.25) is 4.79 Å². The smallest absolute Gasteiger partial charge is 0.273 e. The van der Waals surface area contributed by atoms with E-state index in [0.717, 1.165) is 36.9 Å². The Labute approximate surface area is 145 Å². The van der Waals surface area contributed by atoms with E-state index in [1.54, 1.807) is 7.11 Å². The summed E-state index contributed by atoms with van der Waals surface area (Å²) in [6.45, 7) is 2.91. The number of aromatic nitrogens is 3. The van der Waals surface area contributed by atoms with Crippen LogP contribution in [0.4, 0.5) is 5.13 Å². The fourth-order valence-corrected chi connectivity index (χ4v) is 3.73. The predicted octanol–water partition coefficient (Wildman–Crippen LogP) is 2.05. The van der Waals surface area contributed by atoms with E-state index in [1.807, 2.05) is 29.7 Å². The SMILES string of the molecule is CNc1nc(C(=O)N2CCC[C@H](c3nccn3CCOC)C2)cs1. The fraction of sp³-hybridized carbons (Fsp3) is 0.562. The number of hydrogen-bond donors (Lipinski definition) is 1. The minimum absolute atomic E-state index is 0.00690. The zero-order valence-electron chi connectivity index (χ0n) is 14.1. The van der Waals surface area contributed by atoms with E-state index in [9.17, 15) is 4.79 Å². The molecule has 3 heterocycles. The second-order valence-corrected chi connectivity index (χ2v) is 6.71. The normalized spacial score (nSPS) is 17.9. The van der Waals surface area contributed by atoms with E-state index in [4.69, 9.17) is 4.74 Å². The molecular formula is C16H23N5O2S. The topological polar surface area (TPSA) is 72.3 Å². The van der Waals surface area contributed by atoms with E-state index in [0.29, 0.717) is 18.8 Å². The number of likely N-dealkylation sites (tertiary alicyclic amines) is 1. The van der Waals surface area contributed by atoms with Gasteiger partial charge in [-0.1, -0.05) is 0 Å². The van der Waals surface area contributed by atoms with Crippen molar-refractivity contribution in [2.75, 3.05) is 39.2 Å². The van der Waals surface area contributed by atoms with Crippen LogP contribution >= 0.6 is 11.3 Å². The minimum atomic E-state index is 0.00690. The Hall–Kier alpha value is -1.93. The number of ether oxygens (including phenoxy) is 1. The molecular weight excluding hydrogens is 326 g/mol. The Morgan fingerprint density at radius 3 is 3.17 bits per heavy atom. The summed E-state index contributed by atoms with van der Waals surface area (Å²) in [4.78, 5) is 23.4. The molecule has 7 nitrogen and oxygen atoms in total. The van der Waals surface area contributed by atoms with Gasteiger partial charge in [-0.15, -0.1) is 11.3 Å². The maximum atomic E-state index is 12.7. The zero-order valence-corrected chi connectivity index (χ0v) is 14.9. The van der Waals surface area contributed by atoms with Gasteiger partial charge in [0.25, 0.3) is 5.91 Å². The molecule has 0 aromatic carbocycles. The first-order valence-corrected chi connectivity index (χ1v) is 9.03. The summed E-state index contributed by atoms with van der Waals surface area (Å²) in [5, 5.41) is 5.56. The number of nitrogens with zero attached hydrogens (tertiary/aromatic N) is 4. The third-order valence-corrected chi connectivity index (χ3v) is 5.15. The van der Waals surface area contributed by atoms with Crippen LogP contribution in [0, 0.1) is 0 Å². The van der Waals surface area contributed by atoms with Gasteiger partial charge < -0.3 is 19.5 Å². The van der Waals surface area contributed by atoms with Crippen LogP contribution < -0.4 is 5.32 Å². The number of carbonyl (C=O) groups excluding carboxylic acids is 1. The highest BCUT2D eigenvalue weighted by atomic mass is 32.1. The highest BCUT2D eigenvalue weighted by molar-refractivity contribution is 7.13. The molecule has 1 atom stereocenters. The summed E-state index contributed by atoms with van der Waals surface area (Å²) in [6.07, 6.45) is 5.84. The molecule has 1 N–H and O–H groups in total. The van der Waals surface area contributed by atoms with Crippen molar-refractivity contribution in [3.05, 3.63) is 29.3 Å². The van der Waals surface area contributed by atoms with Gasteiger partial charge in [-0.05, 0) is 12.8 Å². The van der Waals surface area contributed by atoms with Crippen LogP contribution in [0.2, 0.25) is 0 Å². The van der Waals surface area contributed by atoms with Crippen molar-refractivity contribution < 1.29 is 9.53 Å². The average Bonchev–Trinajstić information content (AvgIpc) is 3.28. The van der Waals surface area contributed by atoms with E-state index in [-0.39, 0.29) is 11.8 Å². The van der Waals surface area contributed by atoms with Crippen molar-refractivity contribution in [3.63, 3.8) is 0 Å². The number of anilines is 1. The Morgan fingerprint density at radius 1 is 1.54 bits per heavy atom. The van der Waals surface area contributed by atoms with Gasteiger partial charge in [0, 0.05) is 57.5 Å². The monoisotopic (exact) mass is 349 g/mol. The third-order valence-electron chi connectivity index (χ3n) is 4.29. The highest BCUT2D eigenvalue weighted by Crippen LogP contribution is 2.27. The summed E-state index contributed by atoms with van der Waals surface area (Å²) in [5.41, 5.74) is 0.521. The van der Waals surface area contributed by atoms with Crippen LogP contribution in [0.25, 0.3) is 0 Å². The number of hydrogen-bond acceptors (Lipinski definition) is 6. The third kappa shape index (κ3) is 3.59. The second kappa shape index (κ2) is 7.76. The fourth-order valence-electron chi connectivity index (χ4n) is 3.08. The number of piperidine rings is 1. The van der Waals surface area contributed by atoms with E-state index >= 15 is 0 Å². The Kier molecular flexibility index (Phi) is 5.47. The largest absolute Gasteiger partial charge is 0.383 e. The molecule has 8 heteroatoms. The number of methoxy groups -OCH3 is 1. The molecule has 0 spiro atoms. The van der Waals surface area contributed by atoms with Crippen molar-refractivity contribution in [3.8, 4) is 0 Å². The molecule has 0 radical (unpaired) electrons. The molecule has 1 aliphatic heterocycles. The van der Waals surface area contributed by atoms with Gasteiger partial charge in [0.1, 0.15) is 11.5 Å². The Morgan fingerprint density at radius 2 is 2.42 bits per heavy atom. The number of amides is 1.